The van der Waals surface area contributed by atoms with E-state index in [4.69, 9.17) is 9.44 Å². The van der Waals surface area contributed by atoms with Crippen LogP contribution < -0.4 is 4.18 Å². The van der Waals surface area contributed by atoms with Crippen LogP contribution in [0.15, 0.2) is 12.1 Å². The van der Waals surface area contributed by atoms with Gasteiger partial charge in [0.25, 0.3) is 0 Å². The smallest absolute Gasteiger partial charge is 0.377 e. The third kappa shape index (κ3) is 5.79. The Hall–Kier alpha value is -0.940. The van der Waals surface area contributed by atoms with Crippen molar-refractivity contribution in [2.75, 3.05) is 0 Å². The molecule has 0 unspecified atom stereocenters. The maximum absolute atomic E-state index is 14.0. The minimum Gasteiger partial charge on any atom is -0.377 e. The number of rotatable bonds is 7. The lowest BCUT2D eigenvalue weighted by molar-refractivity contribution is -0.433. The monoisotopic (exact) mass is 442 g/mol. The molecular weight excluding hydrogens is 414 g/mol. The fourth-order valence-electron chi connectivity index (χ4n) is 2.42. The summed E-state index contributed by atoms with van der Waals surface area (Å²) in [6.07, 6.45) is 0. The molecule has 10 heteroatoms. The fraction of sp³-hybridized carbons (Fsp3) is 0.667. The normalized spacial score (nSPS) is 13.9. The Balaban J connectivity index is 3.69. The van der Waals surface area contributed by atoms with Crippen molar-refractivity contribution < 1.29 is 36.0 Å². The minimum atomic E-state index is -5.46. The zero-order valence-electron chi connectivity index (χ0n) is 17.3. The number of hydrogen-bond donors (Lipinski definition) is 1. The Morgan fingerprint density at radius 2 is 1.57 bits per heavy atom. The molecule has 0 aliphatic heterocycles. The lowest BCUT2D eigenvalue weighted by atomic mass is 9.77. The SMILES string of the molecule is CC(C)c1cc(C(C)(C)C)cc(C(C)(C)C)c1OS(=O)(=O)C(F)(F)SOOO. The minimum absolute atomic E-state index is 0.124. The maximum Gasteiger partial charge on any atom is 0.456 e. The van der Waals surface area contributed by atoms with Crippen molar-refractivity contribution in [1.82, 2.24) is 0 Å². The van der Waals surface area contributed by atoms with Gasteiger partial charge >= 0.3 is 14.7 Å². The zero-order valence-corrected chi connectivity index (χ0v) is 18.9. The van der Waals surface area contributed by atoms with Crippen molar-refractivity contribution in [2.45, 2.75) is 76.7 Å². The maximum atomic E-state index is 14.0. The van der Waals surface area contributed by atoms with Gasteiger partial charge in [-0.2, -0.15) is 17.2 Å². The van der Waals surface area contributed by atoms with Gasteiger partial charge in [0.1, 0.15) is 17.8 Å². The molecule has 0 aliphatic carbocycles. The average molecular weight is 443 g/mol. The van der Waals surface area contributed by atoms with E-state index in [1.165, 1.54) is 0 Å². The molecule has 0 aromatic heterocycles. The molecule has 0 fully saturated rings. The van der Waals surface area contributed by atoms with Gasteiger partial charge in [0, 0.05) is 5.56 Å². The topological polar surface area (TPSA) is 82.1 Å². The van der Waals surface area contributed by atoms with Gasteiger partial charge < -0.3 is 4.18 Å². The highest BCUT2D eigenvalue weighted by Gasteiger charge is 2.51. The molecular formula is C18H28F2O6S2. The number of benzene rings is 1. The van der Waals surface area contributed by atoms with Crippen molar-refractivity contribution in [3.63, 3.8) is 0 Å². The van der Waals surface area contributed by atoms with Gasteiger partial charge in [0.2, 0.25) is 0 Å². The molecule has 0 atom stereocenters. The first-order valence-electron chi connectivity index (χ1n) is 8.60. The lowest BCUT2D eigenvalue weighted by Gasteiger charge is -2.30. The van der Waals surface area contributed by atoms with Crippen molar-refractivity contribution in [2.24, 2.45) is 0 Å². The predicted molar refractivity (Wildman–Crippen MR) is 105 cm³/mol. The second-order valence-electron chi connectivity index (χ2n) is 8.82. The van der Waals surface area contributed by atoms with E-state index in [1.54, 1.807) is 12.1 Å². The van der Waals surface area contributed by atoms with Gasteiger partial charge in [-0.25, -0.2) is 5.26 Å². The van der Waals surface area contributed by atoms with E-state index >= 15 is 0 Å². The van der Waals surface area contributed by atoms with Gasteiger partial charge in [-0.1, -0.05) is 72.6 Å². The Morgan fingerprint density at radius 1 is 1.04 bits per heavy atom. The third-order valence-electron chi connectivity index (χ3n) is 4.06. The molecule has 1 rings (SSSR count). The molecule has 1 N–H and O–H groups in total. The summed E-state index contributed by atoms with van der Waals surface area (Å²) in [7, 11) is -5.46. The van der Waals surface area contributed by atoms with E-state index < -0.39 is 32.2 Å². The van der Waals surface area contributed by atoms with Crippen molar-refractivity contribution in [1.29, 1.82) is 0 Å². The summed E-state index contributed by atoms with van der Waals surface area (Å²) < 4.78 is 56.7. The molecule has 28 heavy (non-hydrogen) atoms. The average Bonchev–Trinajstić information content (AvgIpc) is 2.50. The van der Waals surface area contributed by atoms with Crippen LogP contribution in [-0.4, -0.2) is 18.3 Å². The number of halogens is 2. The van der Waals surface area contributed by atoms with Crippen LogP contribution in [0.25, 0.3) is 0 Å². The summed E-state index contributed by atoms with van der Waals surface area (Å²) in [5.74, 6) is -0.312. The van der Waals surface area contributed by atoms with Crippen molar-refractivity contribution >= 4 is 22.2 Å². The molecule has 0 saturated heterocycles. The summed E-state index contributed by atoms with van der Waals surface area (Å²) >= 11 is -0.879. The largest absolute Gasteiger partial charge is 0.456 e. The van der Waals surface area contributed by atoms with Crippen molar-refractivity contribution in [3.8, 4) is 5.75 Å². The van der Waals surface area contributed by atoms with Gasteiger partial charge in [0.15, 0.2) is 0 Å². The quantitative estimate of drug-likeness (QED) is 0.250. The van der Waals surface area contributed by atoms with Gasteiger partial charge in [0.05, 0.1) is 0 Å². The van der Waals surface area contributed by atoms with E-state index in [0.717, 1.165) is 5.56 Å². The van der Waals surface area contributed by atoms with Crippen LogP contribution in [0.5, 0.6) is 5.75 Å². The lowest BCUT2D eigenvalue weighted by Crippen LogP contribution is -2.31. The van der Waals surface area contributed by atoms with Crippen LogP contribution in [0, 0.1) is 0 Å². The molecule has 0 radical (unpaired) electrons. The molecule has 0 heterocycles. The van der Waals surface area contributed by atoms with Gasteiger partial charge in [-0.15, -0.1) is 4.33 Å². The van der Waals surface area contributed by atoms with Gasteiger partial charge in [-0.3, -0.25) is 0 Å². The summed E-state index contributed by atoms with van der Waals surface area (Å²) in [5, 5.41) is 11.1. The highest BCUT2D eigenvalue weighted by Crippen LogP contribution is 2.44. The molecule has 162 valence electrons. The predicted octanol–water partition coefficient (Wildman–Crippen LogP) is 5.73. The van der Waals surface area contributed by atoms with Crippen molar-refractivity contribution in [3.05, 3.63) is 28.8 Å². The van der Waals surface area contributed by atoms with E-state index in [0.29, 0.717) is 11.1 Å². The highest BCUT2D eigenvalue weighted by atomic mass is 32.3. The molecule has 1 aromatic carbocycles. The standard InChI is InChI=1S/C18H28F2O6S2/c1-11(2)13-9-12(16(3,4)5)10-14(17(6,7)8)15(13)24-28(22,23)18(19,20)27-26-25-21/h9-11,21H,1-8H3. The van der Waals surface area contributed by atoms with E-state index in [2.05, 4.69) is 9.37 Å². The van der Waals surface area contributed by atoms with E-state index in [-0.39, 0.29) is 17.1 Å². The highest BCUT2D eigenvalue weighted by molar-refractivity contribution is 8.09. The second-order valence-corrected chi connectivity index (χ2v) is 11.5. The number of hydrogen-bond acceptors (Lipinski definition) is 7. The first kappa shape index (κ1) is 25.1. The summed E-state index contributed by atoms with van der Waals surface area (Å²) in [6, 6.07) is 3.57. The first-order valence-corrected chi connectivity index (χ1v) is 10.8. The van der Waals surface area contributed by atoms with Crippen LogP contribution in [0.2, 0.25) is 0 Å². The van der Waals surface area contributed by atoms with Crippen LogP contribution in [0.4, 0.5) is 8.78 Å². The Morgan fingerprint density at radius 3 is 1.96 bits per heavy atom. The molecule has 0 bridgehead atoms. The Kier molecular flexibility index (Phi) is 7.56. The Labute approximate surface area is 169 Å². The Bertz CT molecular complexity index is 794. The van der Waals surface area contributed by atoms with Crippen LogP contribution in [0.3, 0.4) is 0 Å². The number of alkyl halides is 2. The molecule has 0 spiro atoms. The fourth-order valence-corrected chi connectivity index (χ4v) is 3.55. The van der Waals surface area contributed by atoms with Crippen LogP contribution >= 0.6 is 12.0 Å². The van der Waals surface area contributed by atoms with E-state index in [9.17, 15) is 17.2 Å². The van der Waals surface area contributed by atoms with Crippen LogP contribution in [0.1, 0.15) is 78.0 Å². The third-order valence-corrected chi connectivity index (χ3v) is 6.17. The summed E-state index contributed by atoms with van der Waals surface area (Å²) in [6.45, 7) is 15.2. The molecule has 1 aromatic rings. The molecule has 0 aliphatic rings. The zero-order chi connectivity index (χ0) is 22.1. The van der Waals surface area contributed by atoms with E-state index in [1.807, 2.05) is 55.4 Å². The molecule has 0 amide bonds. The molecule has 6 nitrogen and oxygen atoms in total. The van der Waals surface area contributed by atoms with Crippen LogP contribution in [-0.2, 0) is 30.3 Å². The molecule has 0 saturated carbocycles. The first-order chi connectivity index (χ1) is 12.4. The van der Waals surface area contributed by atoms with Gasteiger partial charge in [-0.05, 0) is 27.9 Å². The summed E-state index contributed by atoms with van der Waals surface area (Å²) in [4.78, 5) is 0. The second kappa shape index (κ2) is 8.43. The summed E-state index contributed by atoms with van der Waals surface area (Å²) in [5.41, 5.74) is 1.10.